The Morgan fingerprint density at radius 1 is 0.239 bits per heavy atom. The van der Waals surface area contributed by atoms with Gasteiger partial charge in [0.25, 0.3) is 0 Å². The Morgan fingerprint density at radius 2 is 0.493 bits per heavy atom. The lowest BCUT2D eigenvalue weighted by molar-refractivity contribution is -0.400. The topological polar surface area (TPSA) is 748 Å². The molecule has 11 heterocycles. The molecule has 0 aromatic heterocycles. The largest absolute Gasteiger partial charge is 0.479 e. The van der Waals surface area contributed by atoms with E-state index in [-0.39, 0.29) is 19.8 Å². The van der Waals surface area contributed by atoms with Gasteiger partial charge in [-0.05, 0) is 5.53 Å². The molecule has 11 rings (SSSR count). The number of ether oxygens (including phenoxy) is 37. The SMILES string of the molecule is COCC1O[C@H](O[C@@H]2C(COC)O[C@H](O[C@H]3C(CO)O[C@@H](O[C@H]4C(C(=O)O)O[C@@H](O[C@@H]5C(CO)O[C@H](O[C@@H]6C(C(=O)O)O[C@H](O[C@H]7C(CO)O[C@@H](OC)[C@H](O)C7C)C(OC)C6OC)C(O)C5O)[C@H](OC)C4OC)[C@H](N=[N+]=[N-])C3OC)C(OC)C2OC)C(C)C(OC)[C@@H]1O[C@@H]1OC(COC)[C@H](O[C@@H]2OC(CO)[C@H](O[C@H]3OC(CO)[C@@H](O[C@H]4OC(CO)[C@@H](O)C(O)C4O)C(O)C3O)C(OC)[C@H]2OC)C(OC)[C@H]1OC. The summed E-state index contributed by atoms with van der Waals surface area (Å²) in [6.45, 7) is -2.38. The van der Waals surface area contributed by atoms with E-state index in [9.17, 15) is 96.8 Å². The third-order valence-electron chi connectivity index (χ3n) is 27.4. The molecular formula is C84H143N3O55. The molecule has 11 fully saturated rings. The van der Waals surface area contributed by atoms with Gasteiger partial charge >= 0.3 is 11.9 Å². The van der Waals surface area contributed by atoms with Gasteiger partial charge < -0.3 is 257 Å². The highest BCUT2D eigenvalue weighted by molar-refractivity contribution is 5.74. The maximum Gasteiger partial charge on any atom is 0.335 e. The lowest BCUT2D eigenvalue weighted by Gasteiger charge is -2.52. The zero-order valence-electron chi connectivity index (χ0n) is 81.5. The number of methoxy groups -OCH3 is 16. The van der Waals surface area contributed by atoms with Crippen molar-refractivity contribution in [3.05, 3.63) is 10.4 Å². The van der Waals surface area contributed by atoms with E-state index < -0.39 is 389 Å². The van der Waals surface area contributed by atoms with Crippen molar-refractivity contribution >= 4 is 11.9 Å². The second kappa shape index (κ2) is 55.0. The molecule has 28 unspecified atom stereocenters. The lowest BCUT2D eigenvalue weighted by atomic mass is 9.90. The summed E-state index contributed by atoms with van der Waals surface area (Å²) in [5.74, 6) is -5.00. The van der Waals surface area contributed by atoms with Crippen molar-refractivity contribution in [2.45, 2.75) is 339 Å². The summed E-state index contributed by atoms with van der Waals surface area (Å²) >= 11 is 0. The highest BCUT2D eigenvalue weighted by Gasteiger charge is 2.65. The minimum absolute atomic E-state index is 0.171. The van der Waals surface area contributed by atoms with Crippen molar-refractivity contribution in [1.29, 1.82) is 0 Å². The van der Waals surface area contributed by atoms with E-state index in [1.807, 2.05) is 0 Å². The predicted molar refractivity (Wildman–Crippen MR) is 453 cm³/mol. The summed E-state index contributed by atoms with van der Waals surface area (Å²) in [6.07, 6.45) is -80.2. The second-order valence-electron chi connectivity index (χ2n) is 35.4. The summed E-state index contributed by atoms with van der Waals surface area (Å²) in [7, 11) is 20.8. The second-order valence-corrected chi connectivity index (χ2v) is 35.4. The van der Waals surface area contributed by atoms with Gasteiger partial charge in [-0.25, -0.2) is 9.59 Å². The van der Waals surface area contributed by atoms with Gasteiger partial charge in [0.05, 0.1) is 77.8 Å². The summed E-state index contributed by atoms with van der Waals surface area (Å²) in [6, 6.07) is -1.67. The molecule has 824 valence electrons. The van der Waals surface area contributed by atoms with Crippen LogP contribution in [-0.4, -0.2) is 592 Å². The van der Waals surface area contributed by atoms with Crippen LogP contribution in [0.15, 0.2) is 5.11 Å². The maximum atomic E-state index is 13.6. The van der Waals surface area contributed by atoms with E-state index in [4.69, 9.17) is 175 Å². The molecule has 58 nitrogen and oxygen atoms in total. The average Bonchev–Trinajstić information content (AvgIpc) is 0.765. The molecule has 0 spiro atoms. The molecule has 11 aliphatic heterocycles. The third-order valence-corrected chi connectivity index (χ3v) is 27.4. The van der Waals surface area contributed by atoms with Crippen molar-refractivity contribution in [2.75, 3.05) is 173 Å². The van der Waals surface area contributed by atoms with Gasteiger partial charge in [0.15, 0.2) is 81.4 Å². The normalized spacial score (nSPS) is 47.7. The van der Waals surface area contributed by atoms with Crippen LogP contribution in [0.1, 0.15) is 13.8 Å². The number of aliphatic hydroxyl groups excluding tert-OH is 14. The Bertz CT molecular complexity index is 3760. The van der Waals surface area contributed by atoms with Crippen LogP contribution >= 0.6 is 0 Å². The molecule has 0 aliphatic carbocycles. The summed E-state index contributed by atoms with van der Waals surface area (Å²) in [5, 5.41) is 179. The van der Waals surface area contributed by atoms with Gasteiger partial charge in [0.1, 0.15) is 226 Å². The highest BCUT2D eigenvalue weighted by atomic mass is 16.8. The van der Waals surface area contributed by atoms with E-state index in [1.165, 1.54) is 99.5 Å². The summed E-state index contributed by atoms with van der Waals surface area (Å²) in [5.41, 5.74) is 10.3. The molecule has 0 radical (unpaired) electrons. The van der Waals surface area contributed by atoms with Crippen LogP contribution in [0, 0.1) is 11.8 Å². The molecule has 55 atom stereocenters. The minimum atomic E-state index is -2.20. The Labute approximate surface area is 815 Å². The number of hydrogen-bond donors (Lipinski definition) is 16. The van der Waals surface area contributed by atoms with Gasteiger partial charge in [-0.2, -0.15) is 0 Å². The van der Waals surface area contributed by atoms with Gasteiger partial charge in [-0.3, -0.25) is 0 Å². The molecule has 0 saturated carbocycles. The van der Waals surface area contributed by atoms with Gasteiger partial charge in [0.2, 0.25) is 0 Å². The van der Waals surface area contributed by atoms with Crippen LogP contribution in [0.25, 0.3) is 10.4 Å². The molecule has 11 aliphatic rings. The fourth-order valence-corrected chi connectivity index (χ4v) is 20.2. The molecular weight excluding hydrogens is 1930 g/mol. The number of carboxylic acids is 2. The van der Waals surface area contributed by atoms with E-state index in [2.05, 4.69) is 10.0 Å². The van der Waals surface area contributed by atoms with E-state index in [0.717, 1.165) is 14.2 Å². The first-order valence-corrected chi connectivity index (χ1v) is 45.9. The predicted octanol–water partition coefficient (Wildman–Crippen LogP) is -10.5. The van der Waals surface area contributed by atoms with Crippen molar-refractivity contribution in [3.8, 4) is 0 Å². The van der Waals surface area contributed by atoms with E-state index in [0.29, 0.717) is 0 Å². The van der Waals surface area contributed by atoms with Crippen molar-refractivity contribution < 1.29 is 267 Å². The number of nitrogens with zero attached hydrogens (tertiary/aromatic N) is 3. The van der Waals surface area contributed by atoms with Crippen molar-refractivity contribution in [1.82, 2.24) is 0 Å². The highest BCUT2D eigenvalue weighted by Crippen LogP contribution is 2.46. The monoisotopic (exact) mass is 2070 g/mol. The van der Waals surface area contributed by atoms with Crippen LogP contribution in [-0.2, 0) is 185 Å². The van der Waals surface area contributed by atoms with Gasteiger partial charge in [-0.15, -0.1) is 0 Å². The van der Waals surface area contributed by atoms with Crippen LogP contribution in [0.5, 0.6) is 0 Å². The van der Waals surface area contributed by atoms with Gasteiger partial charge in [0, 0.05) is 131 Å². The Morgan fingerprint density at radius 3 is 0.852 bits per heavy atom. The molecule has 142 heavy (non-hydrogen) atoms. The first-order valence-electron chi connectivity index (χ1n) is 45.9. The van der Waals surface area contributed by atoms with Crippen molar-refractivity contribution in [3.63, 3.8) is 0 Å². The number of rotatable bonds is 48. The molecule has 0 aromatic rings. The quantitative estimate of drug-likeness (QED) is 0.0153. The van der Waals surface area contributed by atoms with E-state index >= 15 is 0 Å². The molecule has 0 bridgehead atoms. The average molecular weight is 2080 g/mol. The number of azide groups is 1. The lowest BCUT2D eigenvalue weighted by Crippen LogP contribution is -2.69. The molecule has 0 aromatic carbocycles. The number of aliphatic hydroxyl groups is 14. The van der Waals surface area contributed by atoms with Crippen LogP contribution in [0.3, 0.4) is 0 Å². The maximum absolute atomic E-state index is 13.6. The molecule has 58 heteroatoms. The number of carboxylic acid groups (broad SMARTS) is 2. The molecule has 16 N–H and O–H groups in total. The minimum Gasteiger partial charge on any atom is -0.479 e. The number of carbonyl (C=O) groups is 2. The molecule has 0 amide bonds. The Hall–Kier alpha value is -3.79. The standard InChI is InChI=1S/C84H143N3O55/c1-28-40(94)76(121-18)124-31(20-89)48(28)131-83-70(119-16)62(115-12)64(66(141-83)73(104)105)140-79-47(101)44(98)51(33(22-91)126-79)133-84-71(120-17)61(114-11)63(65(142-84)72(102)103)139-75-39(86-87-85)57(110-7)52(34(23-92)123-75)136-81-68(117-14)59(112-9)55(37(129-81)26-107-4)134-74-29(2)49(109-6)54(36(128-74)25-106-3)137-82-69(118-15)60(113-10)56(38(130-82)27-108-5)138-80-67(116-13)58(111-8)53(35(24-93)127-80)135-78-46(100)43(97)50(32(21-90)125-78)132-77-45(99)42(96)41(95)30(19-88)122-77/h28-71,74-84,88-101H,19-27H2,1-18H3,(H,102,103)(H,104,105)/t28?,29?,30?,31?,32?,33?,34?,35?,36?,37?,38?,39-,40-,41-,42?,43?,44?,45?,46?,47?,48-,49?,50-,51-,52+,53+,54-,55-,56+,57?,58?,59?,60?,61?,62?,63-,64+,65?,66?,67-,68?,69-,70?,71-,74-,75+,76-,77-,78-,79-,80+,81-,82+,83+,84-/m1/s1. The van der Waals surface area contributed by atoms with Crippen molar-refractivity contribution in [2.24, 2.45) is 17.0 Å². The van der Waals surface area contributed by atoms with Crippen LogP contribution in [0.4, 0.5) is 0 Å². The summed E-state index contributed by atoms with van der Waals surface area (Å²) < 4.78 is 227. The fraction of sp³-hybridized carbons (Fsp3) is 0.976. The smallest absolute Gasteiger partial charge is 0.335 e. The summed E-state index contributed by atoms with van der Waals surface area (Å²) in [4.78, 5) is 29.8. The Kier molecular flexibility index (Phi) is 45.9. The fourth-order valence-electron chi connectivity index (χ4n) is 20.2. The zero-order chi connectivity index (χ0) is 104. The van der Waals surface area contributed by atoms with E-state index in [1.54, 1.807) is 13.8 Å². The van der Waals surface area contributed by atoms with Gasteiger partial charge in [-0.1, -0.05) is 19.0 Å². The van der Waals surface area contributed by atoms with Crippen LogP contribution in [0.2, 0.25) is 0 Å². The first-order chi connectivity index (χ1) is 68.2. The Balaban J connectivity index is 0.745. The zero-order valence-corrected chi connectivity index (χ0v) is 81.5. The number of hydrogen-bond acceptors (Lipinski definition) is 54. The number of aliphatic carboxylic acids is 2. The van der Waals surface area contributed by atoms with Crippen LogP contribution < -0.4 is 0 Å². The molecule has 11 saturated heterocycles. The first kappa shape index (κ1) is 118. The third kappa shape index (κ3) is 25.2.